The minimum atomic E-state index is -0.788. The first-order valence-corrected chi connectivity index (χ1v) is 24.7. The smallest absolute Gasteiger partial charge is 0.306 e. The minimum absolute atomic E-state index is 0.0916. The highest BCUT2D eigenvalue weighted by atomic mass is 16.6. The molecule has 61 heavy (non-hydrogen) atoms. The maximum absolute atomic E-state index is 12.7. The van der Waals surface area contributed by atoms with Gasteiger partial charge in [0.05, 0.1) is 0 Å². The van der Waals surface area contributed by atoms with Crippen molar-refractivity contribution in [3.63, 3.8) is 0 Å². The monoisotopic (exact) mass is 847 g/mol. The zero-order valence-electron chi connectivity index (χ0n) is 39.4. The summed E-state index contributed by atoms with van der Waals surface area (Å²) in [5.41, 5.74) is 0. The maximum atomic E-state index is 12.7. The van der Waals surface area contributed by atoms with Crippen molar-refractivity contribution in [3.8, 4) is 0 Å². The first-order chi connectivity index (χ1) is 30.0. The largest absolute Gasteiger partial charge is 0.462 e. The van der Waals surface area contributed by atoms with Crippen LogP contribution in [0.1, 0.15) is 213 Å². The zero-order chi connectivity index (χ0) is 44.4. The third-order valence-electron chi connectivity index (χ3n) is 10.1. The molecule has 6 nitrogen and oxygen atoms in total. The SMILES string of the molecule is CC/C=C\C/C=C\C/C=C\C/C=C\C/C=C\C/C=C\C/C=C\C/C=C\CCCCC(=O)OCC(COC(=O)CCCCCCC)OC(=O)CCCCCCCCCCCCC. The third-order valence-corrected chi connectivity index (χ3v) is 10.1. The summed E-state index contributed by atoms with van der Waals surface area (Å²) in [5.74, 6) is -0.958. The Kier molecular flexibility index (Phi) is 46.0. The van der Waals surface area contributed by atoms with Crippen molar-refractivity contribution in [2.45, 2.75) is 219 Å². The summed E-state index contributed by atoms with van der Waals surface area (Å²) < 4.78 is 16.6. The number of rotatable bonds is 43. The fourth-order valence-corrected chi connectivity index (χ4v) is 6.40. The number of hydrogen-bond donors (Lipinski definition) is 0. The summed E-state index contributed by atoms with van der Waals surface area (Å²) in [5, 5.41) is 0. The van der Waals surface area contributed by atoms with E-state index in [4.69, 9.17) is 14.2 Å². The predicted molar refractivity (Wildman–Crippen MR) is 260 cm³/mol. The van der Waals surface area contributed by atoms with Crippen molar-refractivity contribution in [2.24, 2.45) is 0 Å². The molecule has 0 aromatic heterocycles. The van der Waals surface area contributed by atoms with E-state index >= 15 is 0 Å². The van der Waals surface area contributed by atoms with Crippen LogP contribution in [0, 0.1) is 0 Å². The van der Waals surface area contributed by atoms with Gasteiger partial charge in [-0.15, -0.1) is 0 Å². The molecule has 0 heterocycles. The lowest BCUT2D eigenvalue weighted by molar-refractivity contribution is -0.167. The van der Waals surface area contributed by atoms with Gasteiger partial charge in [0.1, 0.15) is 13.2 Å². The molecule has 0 rings (SSSR count). The number of carbonyl (C=O) groups excluding carboxylic acids is 3. The summed E-state index contributed by atoms with van der Waals surface area (Å²) in [4.78, 5) is 37.5. The van der Waals surface area contributed by atoms with Crippen LogP contribution in [-0.2, 0) is 28.6 Å². The highest BCUT2D eigenvalue weighted by Gasteiger charge is 2.19. The normalized spacial score (nSPS) is 12.9. The van der Waals surface area contributed by atoms with Crippen LogP contribution in [0.15, 0.2) is 97.2 Å². The van der Waals surface area contributed by atoms with Gasteiger partial charge in [0, 0.05) is 19.3 Å². The molecule has 0 radical (unpaired) electrons. The number of esters is 3. The summed E-state index contributed by atoms with van der Waals surface area (Å²) in [7, 11) is 0. The van der Waals surface area contributed by atoms with Crippen molar-refractivity contribution in [3.05, 3.63) is 97.2 Å². The lowest BCUT2D eigenvalue weighted by Crippen LogP contribution is -2.30. The molecule has 1 atom stereocenters. The van der Waals surface area contributed by atoms with E-state index in [0.717, 1.165) is 116 Å². The molecule has 0 N–H and O–H groups in total. The average molecular weight is 847 g/mol. The van der Waals surface area contributed by atoms with Gasteiger partial charge in [-0.05, 0) is 83.5 Å². The van der Waals surface area contributed by atoms with E-state index in [-0.39, 0.29) is 31.1 Å². The molecule has 0 saturated carbocycles. The number of allylic oxidation sites excluding steroid dienone is 16. The Morgan fingerprint density at radius 1 is 0.344 bits per heavy atom. The molecule has 0 aliphatic heterocycles. The summed E-state index contributed by atoms with van der Waals surface area (Å²) in [6.07, 6.45) is 64.3. The molecular weight excluding hydrogens is 757 g/mol. The first-order valence-electron chi connectivity index (χ1n) is 24.7. The van der Waals surface area contributed by atoms with Crippen molar-refractivity contribution in [1.29, 1.82) is 0 Å². The van der Waals surface area contributed by atoms with Crippen LogP contribution < -0.4 is 0 Å². The quantitative estimate of drug-likeness (QED) is 0.0263. The van der Waals surface area contributed by atoms with Gasteiger partial charge < -0.3 is 14.2 Å². The van der Waals surface area contributed by atoms with Crippen molar-refractivity contribution in [2.75, 3.05) is 13.2 Å². The molecule has 0 aliphatic rings. The fraction of sp³-hybridized carbons (Fsp3) is 0.655. The van der Waals surface area contributed by atoms with Crippen molar-refractivity contribution < 1.29 is 28.6 Å². The molecule has 346 valence electrons. The molecule has 0 aromatic carbocycles. The second kappa shape index (κ2) is 49.0. The van der Waals surface area contributed by atoms with E-state index in [1.807, 2.05) is 0 Å². The van der Waals surface area contributed by atoms with Gasteiger partial charge >= 0.3 is 17.9 Å². The van der Waals surface area contributed by atoms with Gasteiger partial charge in [-0.25, -0.2) is 0 Å². The topological polar surface area (TPSA) is 78.9 Å². The summed E-state index contributed by atoms with van der Waals surface area (Å²) >= 11 is 0. The van der Waals surface area contributed by atoms with Gasteiger partial charge in [-0.1, -0.05) is 208 Å². The number of carbonyl (C=O) groups is 3. The minimum Gasteiger partial charge on any atom is -0.462 e. The second-order valence-corrected chi connectivity index (χ2v) is 16.0. The van der Waals surface area contributed by atoms with E-state index < -0.39 is 6.10 Å². The Hall–Kier alpha value is -3.67. The van der Waals surface area contributed by atoms with Crippen LogP contribution in [0.5, 0.6) is 0 Å². The standard InChI is InChI=1S/C55H90O6/c1-4-7-10-13-15-17-19-20-21-22-23-24-25-26-27-28-29-30-31-32-33-34-36-37-39-42-45-48-54(57)60-51-52(50-59-53(56)47-44-41-12-9-6-3)61-55(58)49-46-43-40-38-35-18-16-14-11-8-5-2/h7,10,15,17,20-21,23-24,26-27,29-30,32-33,36-37,52H,4-6,8-9,11-14,16,18-19,22,25,28,31,34-35,38-51H2,1-3H3/b10-7-,17-15-,21-20-,24-23-,27-26-,30-29-,33-32-,37-36-. The van der Waals surface area contributed by atoms with Crippen LogP contribution in [-0.4, -0.2) is 37.2 Å². The van der Waals surface area contributed by atoms with E-state index in [0.29, 0.717) is 19.3 Å². The van der Waals surface area contributed by atoms with E-state index in [1.165, 1.54) is 57.8 Å². The van der Waals surface area contributed by atoms with E-state index in [1.54, 1.807) is 0 Å². The Morgan fingerprint density at radius 2 is 0.639 bits per heavy atom. The van der Waals surface area contributed by atoms with Gasteiger partial charge in [0.2, 0.25) is 0 Å². The van der Waals surface area contributed by atoms with Crippen LogP contribution in [0.2, 0.25) is 0 Å². The molecule has 0 saturated heterocycles. The molecule has 0 bridgehead atoms. The highest BCUT2D eigenvalue weighted by Crippen LogP contribution is 2.13. The van der Waals surface area contributed by atoms with Gasteiger partial charge in [0.15, 0.2) is 6.10 Å². The molecule has 6 heteroatoms. The number of hydrogen-bond acceptors (Lipinski definition) is 6. The molecule has 0 aromatic rings. The first kappa shape index (κ1) is 57.3. The number of unbranched alkanes of at least 4 members (excludes halogenated alkanes) is 16. The molecule has 0 fully saturated rings. The van der Waals surface area contributed by atoms with Gasteiger partial charge in [-0.2, -0.15) is 0 Å². The van der Waals surface area contributed by atoms with Crippen LogP contribution >= 0.6 is 0 Å². The van der Waals surface area contributed by atoms with Crippen LogP contribution in [0.25, 0.3) is 0 Å². The summed E-state index contributed by atoms with van der Waals surface area (Å²) in [6, 6.07) is 0. The van der Waals surface area contributed by atoms with Crippen molar-refractivity contribution in [1.82, 2.24) is 0 Å². The van der Waals surface area contributed by atoms with Gasteiger partial charge in [-0.3, -0.25) is 14.4 Å². The van der Waals surface area contributed by atoms with Crippen molar-refractivity contribution >= 4 is 17.9 Å². The van der Waals surface area contributed by atoms with Crippen LogP contribution in [0.4, 0.5) is 0 Å². The Labute approximate surface area is 375 Å². The Balaban J connectivity index is 4.22. The molecule has 0 amide bonds. The van der Waals surface area contributed by atoms with Gasteiger partial charge in [0.25, 0.3) is 0 Å². The van der Waals surface area contributed by atoms with Crippen LogP contribution in [0.3, 0.4) is 0 Å². The lowest BCUT2D eigenvalue weighted by atomic mass is 10.1. The highest BCUT2D eigenvalue weighted by molar-refractivity contribution is 5.71. The molecule has 0 spiro atoms. The molecular formula is C55H90O6. The van der Waals surface area contributed by atoms with E-state index in [9.17, 15) is 14.4 Å². The Bertz CT molecular complexity index is 1250. The maximum Gasteiger partial charge on any atom is 0.306 e. The second-order valence-electron chi connectivity index (χ2n) is 16.0. The average Bonchev–Trinajstić information content (AvgIpc) is 3.26. The summed E-state index contributed by atoms with van der Waals surface area (Å²) in [6.45, 7) is 6.37. The zero-order valence-corrected chi connectivity index (χ0v) is 39.4. The third kappa shape index (κ3) is 47.2. The Morgan fingerprint density at radius 3 is 1.00 bits per heavy atom. The molecule has 0 aliphatic carbocycles. The predicted octanol–water partition coefficient (Wildman–Crippen LogP) is 16.2. The molecule has 1 unspecified atom stereocenters. The number of ether oxygens (including phenoxy) is 3. The van der Waals surface area contributed by atoms with E-state index in [2.05, 4.69) is 118 Å². The lowest BCUT2D eigenvalue weighted by Gasteiger charge is -2.18. The fourth-order valence-electron chi connectivity index (χ4n) is 6.40.